The molecule has 2 rings (SSSR count). The minimum absolute atomic E-state index is 0.00298. The van der Waals surface area contributed by atoms with E-state index in [1.807, 2.05) is 20.8 Å². The SMILES string of the molecule is CC(C)(C)NCC(=O)NC1CCC(CS(=O)(=O)c2cccc(C(F)(F)F)c2)CC1. The molecule has 1 aliphatic rings. The van der Waals surface area contributed by atoms with Crippen LogP contribution in [0.25, 0.3) is 0 Å². The minimum atomic E-state index is -4.58. The van der Waals surface area contributed by atoms with Gasteiger partial charge in [0.1, 0.15) is 0 Å². The summed E-state index contributed by atoms with van der Waals surface area (Å²) in [6, 6.07) is 3.88. The fourth-order valence-electron chi connectivity index (χ4n) is 3.37. The minimum Gasteiger partial charge on any atom is -0.352 e. The number of carbonyl (C=O) groups excluding carboxylic acids is 1. The normalized spacial score (nSPS) is 21.0. The average molecular weight is 435 g/mol. The summed E-state index contributed by atoms with van der Waals surface area (Å²) in [4.78, 5) is 11.7. The molecule has 1 saturated carbocycles. The van der Waals surface area contributed by atoms with Crippen molar-refractivity contribution in [3.8, 4) is 0 Å². The predicted octanol–water partition coefficient (Wildman–Crippen LogP) is 3.54. The van der Waals surface area contributed by atoms with Gasteiger partial charge in [-0.1, -0.05) is 6.07 Å². The second kappa shape index (κ2) is 9.04. The van der Waals surface area contributed by atoms with Crippen molar-refractivity contribution in [2.24, 2.45) is 5.92 Å². The molecule has 0 aliphatic heterocycles. The molecule has 1 aromatic carbocycles. The smallest absolute Gasteiger partial charge is 0.352 e. The van der Waals surface area contributed by atoms with Gasteiger partial charge in [0, 0.05) is 11.6 Å². The number of sulfone groups is 1. The van der Waals surface area contributed by atoms with Crippen LogP contribution in [0.4, 0.5) is 13.2 Å². The summed E-state index contributed by atoms with van der Waals surface area (Å²) in [5.41, 5.74) is -1.12. The maximum absolute atomic E-state index is 12.8. The monoisotopic (exact) mass is 434 g/mol. The van der Waals surface area contributed by atoms with Crippen LogP contribution in [-0.2, 0) is 20.8 Å². The van der Waals surface area contributed by atoms with Crippen LogP contribution in [0.15, 0.2) is 29.2 Å². The molecule has 0 radical (unpaired) electrons. The van der Waals surface area contributed by atoms with Gasteiger partial charge in [-0.05, 0) is 70.6 Å². The fraction of sp³-hybridized carbons (Fsp3) is 0.650. The molecule has 9 heteroatoms. The molecule has 29 heavy (non-hydrogen) atoms. The summed E-state index contributed by atoms with van der Waals surface area (Å²) in [6.45, 7) is 6.12. The lowest BCUT2D eigenvalue weighted by atomic mass is 9.87. The van der Waals surface area contributed by atoms with Crippen molar-refractivity contribution >= 4 is 15.7 Å². The molecule has 1 fully saturated rings. The fourth-order valence-corrected chi connectivity index (χ4v) is 5.11. The summed E-state index contributed by atoms with van der Waals surface area (Å²) in [5, 5.41) is 6.07. The maximum atomic E-state index is 12.8. The van der Waals surface area contributed by atoms with E-state index >= 15 is 0 Å². The van der Waals surface area contributed by atoms with Crippen molar-refractivity contribution in [3.63, 3.8) is 0 Å². The average Bonchev–Trinajstić information content (AvgIpc) is 2.60. The summed E-state index contributed by atoms with van der Waals surface area (Å²) in [6.07, 6.45) is -2.05. The molecule has 0 atom stereocenters. The number of benzene rings is 1. The lowest BCUT2D eigenvalue weighted by Gasteiger charge is -2.29. The van der Waals surface area contributed by atoms with E-state index in [4.69, 9.17) is 0 Å². The molecular formula is C20H29F3N2O3S. The van der Waals surface area contributed by atoms with Crippen LogP contribution in [0.3, 0.4) is 0 Å². The van der Waals surface area contributed by atoms with Gasteiger partial charge in [0.05, 0.1) is 22.8 Å². The van der Waals surface area contributed by atoms with E-state index in [0.717, 1.165) is 12.1 Å². The van der Waals surface area contributed by atoms with Crippen molar-refractivity contribution in [2.45, 2.75) is 69.1 Å². The van der Waals surface area contributed by atoms with E-state index in [-0.39, 0.29) is 40.6 Å². The zero-order valence-corrected chi connectivity index (χ0v) is 17.8. The highest BCUT2D eigenvalue weighted by Crippen LogP contribution is 2.32. The molecule has 0 bridgehead atoms. The van der Waals surface area contributed by atoms with Crippen molar-refractivity contribution in [3.05, 3.63) is 29.8 Å². The van der Waals surface area contributed by atoms with Crippen LogP contribution in [0.1, 0.15) is 52.0 Å². The van der Waals surface area contributed by atoms with Gasteiger partial charge in [0.15, 0.2) is 9.84 Å². The lowest BCUT2D eigenvalue weighted by molar-refractivity contribution is -0.137. The van der Waals surface area contributed by atoms with Gasteiger partial charge < -0.3 is 10.6 Å². The molecular weight excluding hydrogens is 405 g/mol. The van der Waals surface area contributed by atoms with Gasteiger partial charge in [-0.15, -0.1) is 0 Å². The number of halogens is 3. The molecule has 0 spiro atoms. The van der Waals surface area contributed by atoms with Gasteiger partial charge >= 0.3 is 6.18 Å². The molecule has 1 amide bonds. The Hall–Kier alpha value is -1.61. The molecule has 0 unspecified atom stereocenters. The Morgan fingerprint density at radius 3 is 2.28 bits per heavy atom. The van der Waals surface area contributed by atoms with E-state index in [1.165, 1.54) is 6.07 Å². The Labute approximate surface area is 170 Å². The highest BCUT2D eigenvalue weighted by atomic mass is 32.2. The van der Waals surface area contributed by atoms with E-state index in [9.17, 15) is 26.4 Å². The molecule has 0 heterocycles. The molecule has 0 aromatic heterocycles. The standard InChI is InChI=1S/C20H29F3N2O3S/c1-19(2,3)24-12-18(26)25-16-9-7-14(8-10-16)13-29(27,28)17-6-4-5-15(11-17)20(21,22)23/h4-6,11,14,16,24H,7-10,12-13H2,1-3H3,(H,25,26). The van der Waals surface area contributed by atoms with E-state index in [2.05, 4.69) is 10.6 Å². The summed E-state index contributed by atoms with van der Waals surface area (Å²) in [7, 11) is -3.81. The highest BCUT2D eigenvalue weighted by molar-refractivity contribution is 7.91. The summed E-state index contributed by atoms with van der Waals surface area (Å²) < 4.78 is 63.7. The first-order valence-corrected chi connectivity index (χ1v) is 11.4. The molecule has 1 aromatic rings. The van der Waals surface area contributed by atoms with Gasteiger partial charge in [0.25, 0.3) is 0 Å². The first-order valence-electron chi connectivity index (χ1n) is 9.71. The number of hydrogen-bond donors (Lipinski definition) is 2. The predicted molar refractivity (Wildman–Crippen MR) is 105 cm³/mol. The van der Waals surface area contributed by atoms with Gasteiger partial charge in [-0.25, -0.2) is 8.42 Å². The Kier molecular flexibility index (Phi) is 7.37. The van der Waals surface area contributed by atoms with Crippen LogP contribution in [0.5, 0.6) is 0 Å². The third kappa shape index (κ3) is 7.62. The first-order chi connectivity index (χ1) is 13.3. The molecule has 2 N–H and O–H groups in total. The summed E-state index contributed by atoms with van der Waals surface area (Å²) in [5.74, 6) is -0.407. The van der Waals surface area contributed by atoms with Crippen LogP contribution in [0, 0.1) is 5.92 Å². The first kappa shape index (κ1) is 23.7. The largest absolute Gasteiger partial charge is 0.416 e. The van der Waals surface area contributed by atoms with E-state index in [1.54, 1.807) is 0 Å². The molecule has 0 saturated heterocycles. The molecule has 1 aliphatic carbocycles. The number of nitrogens with one attached hydrogen (secondary N) is 2. The third-order valence-electron chi connectivity index (χ3n) is 4.97. The maximum Gasteiger partial charge on any atom is 0.416 e. The summed E-state index contributed by atoms with van der Waals surface area (Å²) >= 11 is 0. The van der Waals surface area contributed by atoms with Gasteiger partial charge in [-0.2, -0.15) is 13.2 Å². The quantitative estimate of drug-likeness (QED) is 0.718. The zero-order valence-electron chi connectivity index (χ0n) is 17.0. The van der Waals surface area contributed by atoms with E-state index < -0.39 is 21.6 Å². The van der Waals surface area contributed by atoms with Gasteiger partial charge in [-0.3, -0.25) is 4.79 Å². The second-order valence-electron chi connectivity index (χ2n) is 8.70. The number of carbonyl (C=O) groups is 1. The van der Waals surface area contributed by atoms with Gasteiger partial charge in [0.2, 0.25) is 5.91 Å². The Bertz CT molecular complexity index is 809. The lowest BCUT2D eigenvalue weighted by Crippen LogP contribution is -2.46. The number of rotatable bonds is 6. The van der Waals surface area contributed by atoms with Crippen LogP contribution >= 0.6 is 0 Å². The van der Waals surface area contributed by atoms with Crippen molar-refractivity contribution in [2.75, 3.05) is 12.3 Å². The highest BCUT2D eigenvalue weighted by Gasteiger charge is 2.33. The Balaban J connectivity index is 1.88. The third-order valence-corrected chi connectivity index (χ3v) is 6.85. The Morgan fingerprint density at radius 1 is 1.10 bits per heavy atom. The molecule has 164 valence electrons. The Morgan fingerprint density at radius 2 is 1.72 bits per heavy atom. The van der Waals surface area contributed by atoms with Crippen LogP contribution in [-0.4, -0.2) is 38.2 Å². The number of amides is 1. The van der Waals surface area contributed by atoms with Crippen LogP contribution < -0.4 is 10.6 Å². The topological polar surface area (TPSA) is 75.3 Å². The van der Waals surface area contributed by atoms with Crippen molar-refractivity contribution < 1.29 is 26.4 Å². The van der Waals surface area contributed by atoms with E-state index in [0.29, 0.717) is 31.7 Å². The van der Waals surface area contributed by atoms with Crippen molar-refractivity contribution in [1.29, 1.82) is 0 Å². The van der Waals surface area contributed by atoms with Crippen molar-refractivity contribution in [1.82, 2.24) is 10.6 Å². The number of alkyl halides is 3. The number of hydrogen-bond acceptors (Lipinski definition) is 4. The molecule has 5 nitrogen and oxygen atoms in total. The van der Waals surface area contributed by atoms with Crippen LogP contribution in [0.2, 0.25) is 0 Å². The zero-order chi connectivity index (χ0) is 21.9. The second-order valence-corrected chi connectivity index (χ2v) is 10.7.